The lowest BCUT2D eigenvalue weighted by atomic mass is 9.71. The predicted molar refractivity (Wildman–Crippen MR) is 142 cm³/mol. The Balaban J connectivity index is 1.45. The van der Waals surface area contributed by atoms with Crippen LogP contribution < -0.4 is 5.32 Å². The molecule has 2 aliphatic rings. The Morgan fingerprint density at radius 3 is 2.70 bits per heavy atom. The molecule has 10 nitrogen and oxygen atoms in total. The molecule has 5 rings (SSSR count). The van der Waals surface area contributed by atoms with E-state index in [1.54, 1.807) is 18.2 Å². The molecule has 0 amide bonds. The van der Waals surface area contributed by atoms with Crippen LogP contribution in [0.25, 0.3) is 0 Å². The van der Waals surface area contributed by atoms with Crippen LogP contribution in [-0.2, 0) is 28.1 Å². The number of halogens is 3. The highest BCUT2D eigenvalue weighted by atomic mass is 35.5. The number of aryl methyl sites for hydroxylation is 1. The van der Waals surface area contributed by atoms with E-state index in [0.717, 1.165) is 5.69 Å². The van der Waals surface area contributed by atoms with Crippen LogP contribution in [0.2, 0.25) is 5.02 Å². The fourth-order valence-corrected chi connectivity index (χ4v) is 5.67. The number of likely N-dealkylation sites (tertiary alicyclic amines) is 1. The van der Waals surface area contributed by atoms with Gasteiger partial charge in [-0.05, 0) is 38.8 Å². The number of carboxylic acids is 1. The fraction of sp³-hybridized carbons (Fsp3) is 0.481. The number of nitrogens with one attached hydrogen (secondary N) is 2. The van der Waals surface area contributed by atoms with E-state index in [9.17, 15) is 19.4 Å². The number of rotatable bonds is 9. The second-order valence-corrected chi connectivity index (χ2v) is 11.1. The minimum Gasteiger partial charge on any atom is -0.481 e. The minimum absolute atomic E-state index is 0.0142. The van der Waals surface area contributed by atoms with Gasteiger partial charge in [-0.3, -0.25) is 14.8 Å². The summed E-state index contributed by atoms with van der Waals surface area (Å²) in [5.41, 5.74) is -2.15. The number of carbonyl (C=O) groups is 1. The third-order valence-electron chi connectivity index (χ3n) is 7.84. The van der Waals surface area contributed by atoms with Crippen LogP contribution in [0, 0.1) is 24.0 Å². The zero-order valence-electron chi connectivity index (χ0n) is 22.2. The molecular formula is C27H31ClF2N6O4. The molecule has 0 unspecified atom stereocenters. The van der Waals surface area contributed by atoms with Gasteiger partial charge in [0.1, 0.15) is 11.5 Å². The standard InChI is InChI=1S/C27H31ClF2N6O4/c1-3-17-10-26(24(37)38,7-8-36(17)12-16-5-4-6-18(28)21(16)29)11-19-22(30)23(27(39)13-40-14-27)33-25(31-19)32-20-9-15(2)34-35-20/h4-6,9,17,39H,3,7-8,10-14H2,1-2H3,(H,37,38)(H2,31,32,33,34,35)/t17-,26-/m1/s1. The first-order valence-electron chi connectivity index (χ1n) is 13.1. The Morgan fingerprint density at radius 2 is 2.08 bits per heavy atom. The maximum absolute atomic E-state index is 15.9. The second-order valence-electron chi connectivity index (χ2n) is 10.7. The molecule has 0 spiro atoms. The fourth-order valence-electron chi connectivity index (χ4n) is 5.48. The number of aromatic nitrogens is 4. The van der Waals surface area contributed by atoms with Gasteiger partial charge in [-0.25, -0.2) is 18.7 Å². The highest BCUT2D eigenvalue weighted by Gasteiger charge is 2.48. The Labute approximate surface area is 234 Å². The first-order valence-corrected chi connectivity index (χ1v) is 13.5. The van der Waals surface area contributed by atoms with E-state index in [0.29, 0.717) is 24.3 Å². The number of hydrogen-bond acceptors (Lipinski definition) is 8. The minimum atomic E-state index is -1.65. The molecule has 40 heavy (non-hydrogen) atoms. The number of benzene rings is 1. The van der Waals surface area contributed by atoms with Gasteiger partial charge in [-0.1, -0.05) is 30.7 Å². The van der Waals surface area contributed by atoms with Gasteiger partial charge < -0.3 is 20.3 Å². The van der Waals surface area contributed by atoms with Crippen molar-refractivity contribution in [1.82, 2.24) is 25.1 Å². The van der Waals surface area contributed by atoms with Crippen LogP contribution in [0.4, 0.5) is 20.5 Å². The molecule has 2 atom stereocenters. The van der Waals surface area contributed by atoms with E-state index in [1.165, 1.54) is 6.07 Å². The van der Waals surface area contributed by atoms with Gasteiger partial charge in [0.25, 0.3) is 0 Å². The van der Waals surface area contributed by atoms with E-state index in [4.69, 9.17) is 16.3 Å². The molecule has 2 aliphatic heterocycles. The number of hydrogen-bond donors (Lipinski definition) is 4. The highest BCUT2D eigenvalue weighted by Crippen LogP contribution is 2.42. The first-order chi connectivity index (χ1) is 19.0. The summed E-state index contributed by atoms with van der Waals surface area (Å²) < 4.78 is 35.6. The third kappa shape index (κ3) is 5.40. The van der Waals surface area contributed by atoms with Crippen molar-refractivity contribution in [3.05, 3.63) is 63.6 Å². The van der Waals surface area contributed by atoms with Crippen molar-refractivity contribution in [2.75, 3.05) is 25.1 Å². The number of H-pyrrole nitrogens is 1. The molecule has 2 fully saturated rings. The van der Waals surface area contributed by atoms with Crippen LogP contribution in [0.15, 0.2) is 24.3 Å². The summed E-state index contributed by atoms with van der Waals surface area (Å²) in [4.78, 5) is 23.4. The second kappa shape index (κ2) is 11.0. The largest absolute Gasteiger partial charge is 0.481 e. The zero-order valence-corrected chi connectivity index (χ0v) is 22.9. The summed E-state index contributed by atoms with van der Waals surface area (Å²) in [7, 11) is 0. The normalized spacial score (nSPS) is 22.6. The van der Waals surface area contributed by atoms with Gasteiger partial charge in [0.05, 0.1) is 29.3 Å². The molecule has 214 valence electrons. The van der Waals surface area contributed by atoms with Crippen LogP contribution in [-0.4, -0.2) is 67.0 Å². The van der Waals surface area contributed by atoms with E-state index >= 15 is 4.39 Å². The van der Waals surface area contributed by atoms with Crippen molar-refractivity contribution in [2.24, 2.45) is 5.41 Å². The van der Waals surface area contributed by atoms with Gasteiger partial charge >= 0.3 is 5.97 Å². The highest BCUT2D eigenvalue weighted by molar-refractivity contribution is 6.30. The van der Waals surface area contributed by atoms with Crippen LogP contribution >= 0.6 is 11.6 Å². The van der Waals surface area contributed by atoms with Crippen molar-refractivity contribution in [3.8, 4) is 0 Å². The van der Waals surface area contributed by atoms with Crippen molar-refractivity contribution in [3.63, 3.8) is 0 Å². The number of aliphatic hydroxyl groups is 1. The van der Waals surface area contributed by atoms with Crippen molar-refractivity contribution in [2.45, 2.75) is 57.7 Å². The monoisotopic (exact) mass is 576 g/mol. The predicted octanol–water partition coefficient (Wildman–Crippen LogP) is 4.09. The molecule has 3 aromatic rings. The molecular weight excluding hydrogens is 546 g/mol. The molecule has 13 heteroatoms. The maximum Gasteiger partial charge on any atom is 0.310 e. The lowest BCUT2D eigenvalue weighted by Gasteiger charge is -2.44. The average Bonchev–Trinajstić information content (AvgIpc) is 3.32. The van der Waals surface area contributed by atoms with Gasteiger partial charge in [-0.2, -0.15) is 5.10 Å². The van der Waals surface area contributed by atoms with E-state index in [-0.39, 0.29) is 67.4 Å². The molecule has 1 aromatic carbocycles. The van der Waals surface area contributed by atoms with Crippen LogP contribution in [0.5, 0.6) is 0 Å². The lowest BCUT2D eigenvalue weighted by Crippen LogP contribution is -2.51. The Morgan fingerprint density at radius 1 is 1.30 bits per heavy atom. The van der Waals surface area contributed by atoms with Crippen molar-refractivity contribution < 1.29 is 28.5 Å². The van der Waals surface area contributed by atoms with Crippen molar-refractivity contribution in [1.29, 1.82) is 0 Å². The smallest absolute Gasteiger partial charge is 0.310 e. The summed E-state index contributed by atoms with van der Waals surface area (Å²) >= 11 is 5.96. The van der Waals surface area contributed by atoms with Crippen LogP contribution in [0.1, 0.15) is 48.8 Å². The molecule has 2 aromatic heterocycles. The summed E-state index contributed by atoms with van der Waals surface area (Å²) in [6.07, 6.45) is 0.783. The van der Waals surface area contributed by atoms with Crippen molar-refractivity contribution >= 4 is 29.3 Å². The third-order valence-corrected chi connectivity index (χ3v) is 8.14. The molecule has 4 heterocycles. The number of nitrogens with zero attached hydrogens (tertiary/aromatic N) is 4. The molecule has 0 aliphatic carbocycles. The maximum atomic E-state index is 15.9. The van der Waals surface area contributed by atoms with Gasteiger partial charge in [-0.15, -0.1) is 0 Å². The lowest BCUT2D eigenvalue weighted by molar-refractivity contribution is -0.188. The number of carboxylic acid groups (broad SMARTS) is 1. The SMILES string of the molecule is CC[C@@H]1C[C@](Cc2nc(Nc3cc(C)[nH]n3)nc(C3(O)COC3)c2F)(C(=O)O)CCN1Cc1cccc(Cl)c1F. The summed E-state index contributed by atoms with van der Waals surface area (Å²) in [6.45, 7) is 4.09. The Kier molecular flexibility index (Phi) is 7.79. The van der Waals surface area contributed by atoms with Gasteiger partial charge in [0.2, 0.25) is 5.95 Å². The Hall–Kier alpha value is -3.19. The molecule has 4 N–H and O–H groups in total. The summed E-state index contributed by atoms with van der Waals surface area (Å²) in [5.74, 6) is -2.04. The van der Waals surface area contributed by atoms with Crippen LogP contribution in [0.3, 0.4) is 0 Å². The first kappa shape index (κ1) is 28.3. The molecule has 2 saturated heterocycles. The number of piperidine rings is 1. The number of aromatic amines is 1. The quantitative estimate of drug-likeness (QED) is 0.297. The Bertz CT molecular complexity index is 1420. The number of aliphatic carboxylic acids is 1. The van der Waals surface area contributed by atoms with E-state index in [2.05, 4.69) is 25.5 Å². The van der Waals surface area contributed by atoms with Gasteiger partial charge in [0, 0.05) is 36.3 Å². The molecule has 0 radical (unpaired) electrons. The topological polar surface area (TPSA) is 136 Å². The number of anilines is 2. The van der Waals surface area contributed by atoms with Gasteiger partial charge in [0.15, 0.2) is 17.2 Å². The number of ether oxygens (including phenoxy) is 1. The summed E-state index contributed by atoms with van der Waals surface area (Å²) in [6, 6.07) is 6.32. The summed E-state index contributed by atoms with van der Waals surface area (Å²) in [5, 5.41) is 31.2. The van der Waals surface area contributed by atoms with E-state index < -0.39 is 28.6 Å². The van der Waals surface area contributed by atoms with E-state index in [1.807, 2.05) is 18.7 Å². The average molecular weight is 577 g/mol. The zero-order chi connectivity index (χ0) is 28.7. The molecule has 0 bridgehead atoms. The molecule has 0 saturated carbocycles.